The number of aromatic carboxylic acids is 1. The van der Waals surface area contributed by atoms with Gasteiger partial charge in [-0.1, -0.05) is 12.1 Å². The molecule has 2 amide bonds. The van der Waals surface area contributed by atoms with Crippen molar-refractivity contribution < 1.29 is 24.2 Å². The van der Waals surface area contributed by atoms with E-state index in [9.17, 15) is 14.4 Å². The zero-order valence-corrected chi connectivity index (χ0v) is 14.7. The van der Waals surface area contributed by atoms with E-state index in [-0.39, 0.29) is 29.7 Å². The molecule has 7 heteroatoms. The van der Waals surface area contributed by atoms with Gasteiger partial charge in [0.25, 0.3) is 0 Å². The normalized spacial score (nSPS) is 18.6. The van der Waals surface area contributed by atoms with Crippen LogP contribution < -0.4 is 0 Å². The Kier molecular flexibility index (Phi) is 5.88. The van der Waals surface area contributed by atoms with Gasteiger partial charge in [0.2, 0.25) is 11.8 Å². The molecule has 1 aromatic carbocycles. The van der Waals surface area contributed by atoms with E-state index in [1.165, 1.54) is 12.1 Å². The number of rotatable bonds is 4. The maximum atomic E-state index is 12.5. The molecular weight excluding hydrogens is 336 g/mol. The third-order valence-corrected chi connectivity index (χ3v) is 5.05. The fourth-order valence-electron chi connectivity index (χ4n) is 3.52. The summed E-state index contributed by atoms with van der Waals surface area (Å²) >= 11 is 0. The van der Waals surface area contributed by atoms with Crippen molar-refractivity contribution in [2.45, 2.75) is 19.3 Å². The van der Waals surface area contributed by atoms with Crippen LogP contribution in [0.2, 0.25) is 0 Å². The van der Waals surface area contributed by atoms with Crippen molar-refractivity contribution in [3.63, 3.8) is 0 Å². The van der Waals surface area contributed by atoms with Crippen LogP contribution in [0.25, 0.3) is 0 Å². The first-order valence-electron chi connectivity index (χ1n) is 9.01. The topological polar surface area (TPSA) is 87.2 Å². The third kappa shape index (κ3) is 4.40. The second-order valence-corrected chi connectivity index (χ2v) is 6.78. The van der Waals surface area contributed by atoms with E-state index in [0.717, 1.165) is 0 Å². The highest BCUT2D eigenvalue weighted by atomic mass is 16.5. The minimum Gasteiger partial charge on any atom is -0.478 e. The van der Waals surface area contributed by atoms with Crippen molar-refractivity contribution in [3.05, 3.63) is 35.4 Å². The minimum atomic E-state index is -0.998. The SMILES string of the molecule is O=C(O)c1cccc(CC(=O)N2CCC(C(=O)N3CCOCC3)CC2)c1. The number of ether oxygens (including phenoxy) is 1. The number of morpholine rings is 1. The van der Waals surface area contributed by atoms with E-state index < -0.39 is 5.97 Å². The highest BCUT2D eigenvalue weighted by Crippen LogP contribution is 2.21. The standard InChI is InChI=1S/C19H24N2O5/c22-17(13-14-2-1-3-16(12-14)19(24)25)20-6-4-15(5-7-20)18(23)21-8-10-26-11-9-21/h1-3,12,15H,4-11,13H2,(H,24,25). The lowest BCUT2D eigenvalue weighted by Gasteiger charge is -2.35. The number of nitrogens with zero attached hydrogens (tertiary/aromatic N) is 2. The Morgan fingerprint density at radius 2 is 1.73 bits per heavy atom. The average Bonchev–Trinajstić information content (AvgIpc) is 2.68. The summed E-state index contributed by atoms with van der Waals surface area (Å²) in [6, 6.07) is 6.46. The van der Waals surface area contributed by atoms with Gasteiger partial charge in [0.15, 0.2) is 0 Å². The summed E-state index contributed by atoms with van der Waals surface area (Å²) in [5.74, 6) is -0.867. The first-order chi connectivity index (χ1) is 12.5. The van der Waals surface area contributed by atoms with Gasteiger partial charge in [-0.2, -0.15) is 0 Å². The van der Waals surface area contributed by atoms with Crippen molar-refractivity contribution in [1.29, 1.82) is 0 Å². The molecule has 0 atom stereocenters. The predicted octanol–water partition coefficient (Wildman–Crippen LogP) is 1.02. The molecule has 0 radical (unpaired) electrons. The number of piperidine rings is 1. The molecule has 0 bridgehead atoms. The van der Waals surface area contributed by atoms with Crippen molar-refractivity contribution in [1.82, 2.24) is 9.80 Å². The second kappa shape index (κ2) is 8.31. The first kappa shape index (κ1) is 18.4. The Balaban J connectivity index is 1.51. The van der Waals surface area contributed by atoms with E-state index in [1.54, 1.807) is 17.0 Å². The van der Waals surface area contributed by atoms with Gasteiger partial charge < -0.3 is 19.6 Å². The molecule has 140 valence electrons. The largest absolute Gasteiger partial charge is 0.478 e. The molecular formula is C19H24N2O5. The lowest BCUT2D eigenvalue weighted by atomic mass is 9.94. The van der Waals surface area contributed by atoms with Gasteiger partial charge in [-0.3, -0.25) is 9.59 Å². The molecule has 0 saturated carbocycles. The Hall–Kier alpha value is -2.41. The van der Waals surface area contributed by atoms with Gasteiger partial charge in [-0.15, -0.1) is 0 Å². The van der Waals surface area contributed by atoms with Gasteiger partial charge in [0.1, 0.15) is 0 Å². The molecule has 1 N–H and O–H groups in total. The van der Waals surface area contributed by atoms with Gasteiger partial charge in [-0.05, 0) is 30.5 Å². The zero-order valence-electron chi connectivity index (χ0n) is 14.7. The Labute approximate surface area is 152 Å². The second-order valence-electron chi connectivity index (χ2n) is 6.78. The molecule has 7 nitrogen and oxygen atoms in total. The van der Waals surface area contributed by atoms with Crippen LogP contribution in [0.3, 0.4) is 0 Å². The van der Waals surface area contributed by atoms with Crippen LogP contribution in [-0.4, -0.2) is 72.1 Å². The lowest BCUT2D eigenvalue weighted by Crippen LogP contribution is -2.47. The van der Waals surface area contributed by atoms with Crippen LogP contribution in [0, 0.1) is 5.92 Å². The summed E-state index contributed by atoms with van der Waals surface area (Å²) in [5.41, 5.74) is 0.881. The van der Waals surface area contributed by atoms with Crippen LogP contribution in [0.4, 0.5) is 0 Å². The van der Waals surface area contributed by atoms with Crippen LogP contribution >= 0.6 is 0 Å². The number of carboxylic acid groups (broad SMARTS) is 1. The number of hydrogen-bond acceptors (Lipinski definition) is 4. The van der Waals surface area contributed by atoms with E-state index in [4.69, 9.17) is 9.84 Å². The van der Waals surface area contributed by atoms with Crippen LogP contribution in [-0.2, 0) is 20.7 Å². The Bertz CT molecular complexity index is 676. The van der Waals surface area contributed by atoms with Crippen molar-refractivity contribution in [3.8, 4) is 0 Å². The van der Waals surface area contributed by atoms with Crippen LogP contribution in [0.1, 0.15) is 28.8 Å². The number of carbonyl (C=O) groups excluding carboxylic acids is 2. The molecule has 2 saturated heterocycles. The summed E-state index contributed by atoms with van der Waals surface area (Å²) in [4.78, 5) is 39.7. The molecule has 2 fully saturated rings. The monoisotopic (exact) mass is 360 g/mol. The molecule has 2 aliphatic rings. The molecule has 2 heterocycles. The summed E-state index contributed by atoms with van der Waals surface area (Å²) < 4.78 is 5.28. The van der Waals surface area contributed by atoms with Gasteiger partial charge >= 0.3 is 5.97 Å². The smallest absolute Gasteiger partial charge is 0.335 e. The number of carboxylic acids is 1. The maximum absolute atomic E-state index is 12.5. The van der Waals surface area contributed by atoms with Gasteiger partial charge in [0.05, 0.1) is 25.2 Å². The molecule has 26 heavy (non-hydrogen) atoms. The predicted molar refractivity (Wildman–Crippen MR) is 93.8 cm³/mol. The molecule has 0 aromatic heterocycles. The summed E-state index contributed by atoms with van der Waals surface area (Å²) in [6.07, 6.45) is 1.54. The summed E-state index contributed by atoms with van der Waals surface area (Å²) in [5, 5.41) is 9.04. The fourth-order valence-corrected chi connectivity index (χ4v) is 3.52. The minimum absolute atomic E-state index is 0.0208. The maximum Gasteiger partial charge on any atom is 0.335 e. The molecule has 0 unspecified atom stereocenters. The number of carbonyl (C=O) groups is 3. The molecule has 2 aliphatic heterocycles. The van der Waals surface area contributed by atoms with E-state index >= 15 is 0 Å². The number of hydrogen-bond donors (Lipinski definition) is 1. The molecule has 1 aromatic rings. The van der Waals surface area contributed by atoms with E-state index in [1.807, 2.05) is 4.90 Å². The van der Waals surface area contributed by atoms with Crippen LogP contribution in [0.5, 0.6) is 0 Å². The summed E-state index contributed by atoms with van der Waals surface area (Å²) in [7, 11) is 0. The van der Waals surface area contributed by atoms with E-state index in [0.29, 0.717) is 57.8 Å². The van der Waals surface area contributed by atoms with Crippen LogP contribution in [0.15, 0.2) is 24.3 Å². The number of benzene rings is 1. The highest BCUT2D eigenvalue weighted by Gasteiger charge is 2.30. The third-order valence-electron chi connectivity index (χ3n) is 5.05. The Morgan fingerprint density at radius 1 is 1.04 bits per heavy atom. The van der Waals surface area contributed by atoms with E-state index in [2.05, 4.69) is 0 Å². The quantitative estimate of drug-likeness (QED) is 0.866. The lowest BCUT2D eigenvalue weighted by molar-refractivity contribution is -0.143. The highest BCUT2D eigenvalue weighted by molar-refractivity contribution is 5.88. The van der Waals surface area contributed by atoms with Crippen molar-refractivity contribution >= 4 is 17.8 Å². The average molecular weight is 360 g/mol. The molecule has 0 aliphatic carbocycles. The zero-order chi connectivity index (χ0) is 18.5. The number of amides is 2. The van der Waals surface area contributed by atoms with Gasteiger partial charge in [-0.25, -0.2) is 4.79 Å². The van der Waals surface area contributed by atoms with Crippen molar-refractivity contribution in [2.24, 2.45) is 5.92 Å². The summed E-state index contributed by atoms with van der Waals surface area (Å²) in [6.45, 7) is 3.63. The first-order valence-corrected chi connectivity index (χ1v) is 9.01. The number of likely N-dealkylation sites (tertiary alicyclic amines) is 1. The van der Waals surface area contributed by atoms with Crippen molar-refractivity contribution in [2.75, 3.05) is 39.4 Å². The molecule has 3 rings (SSSR count). The fraction of sp³-hybridized carbons (Fsp3) is 0.526. The Morgan fingerprint density at radius 3 is 2.38 bits per heavy atom. The molecule has 0 spiro atoms. The van der Waals surface area contributed by atoms with Gasteiger partial charge in [0, 0.05) is 32.1 Å².